The molecule has 0 aliphatic heterocycles. The average Bonchev–Trinajstić information content (AvgIpc) is 3.49. The van der Waals surface area contributed by atoms with Gasteiger partial charge in [0.05, 0.1) is 31.1 Å². The van der Waals surface area contributed by atoms with Gasteiger partial charge in [-0.2, -0.15) is 18.3 Å². The Balaban J connectivity index is 1.31. The second-order valence-corrected chi connectivity index (χ2v) is 7.67. The molecule has 1 aliphatic carbocycles. The molecule has 9 nitrogen and oxygen atoms in total. The van der Waals surface area contributed by atoms with Crippen LogP contribution in [0.3, 0.4) is 0 Å². The van der Waals surface area contributed by atoms with Gasteiger partial charge in [0.25, 0.3) is 5.91 Å². The summed E-state index contributed by atoms with van der Waals surface area (Å²) in [5.41, 5.74) is 2.05. The molecule has 1 saturated carbocycles. The first-order valence-corrected chi connectivity index (χ1v) is 10.3. The molecular weight excluding hydrogens is 441 g/mol. The summed E-state index contributed by atoms with van der Waals surface area (Å²) < 4.78 is 43.7. The molecule has 12 heteroatoms. The van der Waals surface area contributed by atoms with E-state index in [0.717, 1.165) is 12.8 Å². The van der Waals surface area contributed by atoms with Crippen LogP contribution in [0.25, 0.3) is 5.65 Å². The van der Waals surface area contributed by atoms with E-state index in [0.29, 0.717) is 28.3 Å². The number of nitrogens with one attached hydrogen (secondary N) is 2. The standard InChI is InChI=1S/C21H21F3N6O3/c22-21(23,24)5-3-18(31)26-9-13-7-17-29-15(12-30(17)28-10-13)11-27-20(32)14-4-6-25-19(8-14)33-16-1-2-16/h4,6-8,10,12,16H,1-3,5,9,11H2,(H,26,31)(H,27,32). The van der Waals surface area contributed by atoms with Gasteiger partial charge in [-0.05, 0) is 30.5 Å². The van der Waals surface area contributed by atoms with E-state index in [4.69, 9.17) is 4.74 Å². The fourth-order valence-electron chi connectivity index (χ4n) is 2.94. The van der Waals surface area contributed by atoms with E-state index in [1.165, 1.54) is 16.9 Å². The molecule has 0 bridgehead atoms. The number of carbonyl (C=O) groups is 2. The van der Waals surface area contributed by atoms with Gasteiger partial charge in [0, 0.05) is 30.8 Å². The van der Waals surface area contributed by atoms with Crippen molar-refractivity contribution in [3.8, 4) is 5.88 Å². The van der Waals surface area contributed by atoms with Gasteiger partial charge in [0.15, 0.2) is 5.65 Å². The smallest absolute Gasteiger partial charge is 0.389 e. The van der Waals surface area contributed by atoms with E-state index in [9.17, 15) is 22.8 Å². The molecule has 0 radical (unpaired) electrons. The number of hydrogen-bond donors (Lipinski definition) is 2. The first kappa shape index (κ1) is 22.5. The van der Waals surface area contributed by atoms with Gasteiger partial charge in [0.1, 0.15) is 6.10 Å². The summed E-state index contributed by atoms with van der Waals surface area (Å²) in [5, 5.41) is 9.39. The number of pyridine rings is 1. The molecular formula is C21H21F3N6O3. The monoisotopic (exact) mass is 462 g/mol. The van der Waals surface area contributed by atoms with Crippen LogP contribution in [0.4, 0.5) is 13.2 Å². The van der Waals surface area contributed by atoms with Crippen molar-refractivity contribution in [3.05, 3.63) is 53.6 Å². The van der Waals surface area contributed by atoms with Crippen LogP contribution in [0, 0.1) is 0 Å². The molecule has 1 aliphatic rings. The van der Waals surface area contributed by atoms with Gasteiger partial charge in [-0.15, -0.1) is 0 Å². The molecule has 4 rings (SSSR count). The Morgan fingerprint density at radius 3 is 2.76 bits per heavy atom. The highest BCUT2D eigenvalue weighted by atomic mass is 19.4. The summed E-state index contributed by atoms with van der Waals surface area (Å²) in [6, 6.07) is 4.84. The van der Waals surface area contributed by atoms with Crippen molar-refractivity contribution in [2.75, 3.05) is 0 Å². The van der Waals surface area contributed by atoms with E-state index in [2.05, 4.69) is 25.7 Å². The van der Waals surface area contributed by atoms with Gasteiger partial charge in [-0.1, -0.05) is 0 Å². The molecule has 0 unspecified atom stereocenters. The minimum absolute atomic E-state index is 0.0342. The highest BCUT2D eigenvalue weighted by Crippen LogP contribution is 2.25. The van der Waals surface area contributed by atoms with Crippen LogP contribution in [-0.4, -0.2) is 43.7 Å². The lowest BCUT2D eigenvalue weighted by molar-refractivity contribution is -0.144. The van der Waals surface area contributed by atoms with E-state index in [-0.39, 0.29) is 25.1 Å². The number of ether oxygens (including phenoxy) is 1. The number of fused-ring (bicyclic) bond motifs is 1. The summed E-state index contributed by atoms with van der Waals surface area (Å²) in [7, 11) is 0. The number of amides is 2. The Morgan fingerprint density at radius 1 is 1.18 bits per heavy atom. The summed E-state index contributed by atoms with van der Waals surface area (Å²) in [6.07, 6.45) is 0.652. The Labute approximate surface area is 186 Å². The van der Waals surface area contributed by atoms with Crippen molar-refractivity contribution in [2.24, 2.45) is 0 Å². The third-order valence-corrected chi connectivity index (χ3v) is 4.79. The Hall–Kier alpha value is -3.70. The lowest BCUT2D eigenvalue weighted by Gasteiger charge is -2.07. The minimum atomic E-state index is -4.37. The van der Waals surface area contributed by atoms with Gasteiger partial charge in [-0.25, -0.2) is 14.5 Å². The van der Waals surface area contributed by atoms with Crippen LogP contribution < -0.4 is 15.4 Å². The number of imidazole rings is 1. The number of halogens is 3. The highest BCUT2D eigenvalue weighted by molar-refractivity contribution is 5.94. The second-order valence-electron chi connectivity index (χ2n) is 7.67. The summed E-state index contributed by atoms with van der Waals surface area (Å²) in [4.78, 5) is 32.5. The molecule has 33 heavy (non-hydrogen) atoms. The van der Waals surface area contributed by atoms with Crippen LogP contribution in [0.15, 0.2) is 36.8 Å². The van der Waals surface area contributed by atoms with Crippen molar-refractivity contribution in [1.29, 1.82) is 0 Å². The van der Waals surface area contributed by atoms with Gasteiger partial charge >= 0.3 is 6.18 Å². The van der Waals surface area contributed by atoms with Crippen molar-refractivity contribution < 1.29 is 27.5 Å². The Kier molecular flexibility index (Phi) is 6.43. The second kappa shape index (κ2) is 9.43. The maximum absolute atomic E-state index is 12.4. The third kappa shape index (κ3) is 6.64. The number of rotatable bonds is 9. The number of carbonyl (C=O) groups excluding carboxylic acids is 2. The molecule has 0 atom stereocenters. The summed E-state index contributed by atoms with van der Waals surface area (Å²) >= 11 is 0. The van der Waals surface area contributed by atoms with E-state index in [1.807, 2.05) is 0 Å². The normalized spacial score (nSPS) is 13.7. The topological polar surface area (TPSA) is 111 Å². The van der Waals surface area contributed by atoms with Gasteiger partial charge < -0.3 is 15.4 Å². The molecule has 174 valence electrons. The molecule has 3 aromatic rings. The number of aromatic nitrogens is 4. The van der Waals surface area contributed by atoms with Crippen molar-refractivity contribution in [3.63, 3.8) is 0 Å². The van der Waals surface area contributed by atoms with Crippen molar-refractivity contribution in [1.82, 2.24) is 30.2 Å². The summed E-state index contributed by atoms with van der Waals surface area (Å²) in [5.74, 6) is -0.578. The molecule has 2 amide bonds. The quantitative estimate of drug-likeness (QED) is 0.506. The fourth-order valence-corrected chi connectivity index (χ4v) is 2.94. The molecule has 0 spiro atoms. The predicted octanol–water partition coefficient (Wildman–Crippen LogP) is 2.55. The highest BCUT2D eigenvalue weighted by Gasteiger charge is 2.27. The molecule has 3 aromatic heterocycles. The van der Waals surface area contributed by atoms with Crippen LogP contribution in [-0.2, 0) is 17.9 Å². The zero-order chi connectivity index (χ0) is 23.4. The lowest BCUT2D eigenvalue weighted by Crippen LogP contribution is -2.24. The van der Waals surface area contributed by atoms with E-state index in [1.54, 1.807) is 24.4 Å². The fraction of sp³-hybridized carbons (Fsp3) is 0.381. The molecule has 1 fully saturated rings. The maximum atomic E-state index is 12.4. The van der Waals surface area contributed by atoms with E-state index >= 15 is 0 Å². The molecule has 0 aromatic carbocycles. The number of nitrogens with zero attached hydrogens (tertiary/aromatic N) is 4. The third-order valence-electron chi connectivity index (χ3n) is 4.79. The SMILES string of the molecule is O=C(CCC(F)(F)F)NCc1cnn2cc(CNC(=O)c3ccnc(OC4CC4)c3)nc2c1. The Bertz CT molecular complexity index is 1160. The summed E-state index contributed by atoms with van der Waals surface area (Å²) in [6.45, 7) is 0.194. The molecule has 0 saturated heterocycles. The maximum Gasteiger partial charge on any atom is 0.389 e. The van der Waals surface area contributed by atoms with Crippen LogP contribution in [0.2, 0.25) is 0 Å². The molecule has 2 N–H and O–H groups in total. The lowest BCUT2D eigenvalue weighted by atomic mass is 10.2. The van der Waals surface area contributed by atoms with E-state index < -0.39 is 24.9 Å². The zero-order valence-corrected chi connectivity index (χ0v) is 17.4. The largest absolute Gasteiger partial charge is 0.474 e. The first-order valence-electron chi connectivity index (χ1n) is 10.3. The van der Waals surface area contributed by atoms with Crippen molar-refractivity contribution >= 4 is 17.5 Å². The van der Waals surface area contributed by atoms with Crippen LogP contribution in [0.1, 0.15) is 47.3 Å². The average molecular weight is 462 g/mol. The zero-order valence-electron chi connectivity index (χ0n) is 17.4. The van der Waals surface area contributed by atoms with Gasteiger partial charge in [0.2, 0.25) is 11.8 Å². The van der Waals surface area contributed by atoms with Crippen LogP contribution in [0.5, 0.6) is 5.88 Å². The number of alkyl halides is 3. The van der Waals surface area contributed by atoms with Crippen molar-refractivity contribution in [2.45, 2.75) is 51.1 Å². The Morgan fingerprint density at radius 2 is 2.00 bits per heavy atom. The number of hydrogen-bond acceptors (Lipinski definition) is 6. The predicted molar refractivity (Wildman–Crippen MR) is 109 cm³/mol. The van der Waals surface area contributed by atoms with Gasteiger partial charge in [-0.3, -0.25) is 9.59 Å². The first-order chi connectivity index (χ1) is 15.7. The van der Waals surface area contributed by atoms with Crippen LogP contribution >= 0.6 is 0 Å². The molecule has 3 heterocycles. The minimum Gasteiger partial charge on any atom is -0.474 e.